The predicted octanol–water partition coefficient (Wildman–Crippen LogP) is 4.87. The maximum absolute atomic E-state index is 13.4. The van der Waals surface area contributed by atoms with E-state index in [0.29, 0.717) is 41.5 Å². The number of aromatic nitrogens is 4. The minimum Gasteiger partial charge on any atom is -0.486 e. The molecule has 3 heterocycles. The average molecular weight is 453 g/mol. The van der Waals surface area contributed by atoms with Gasteiger partial charge in [0.2, 0.25) is 5.88 Å². The van der Waals surface area contributed by atoms with Crippen molar-refractivity contribution in [1.82, 2.24) is 19.6 Å². The second-order valence-corrected chi connectivity index (χ2v) is 9.58. The Hall–Kier alpha value is -4.00. The Balaban J connectivity index is 1.47. The van der Waals surface area contributed by atoms with Crippen molar-refractivity contribution in [3.63, 3.8) is 0 Å². The standard InChI is InChI=1S/C27H24N4O3/c1-27(2)13-19(32)23-20(14-27)34-26-24(22(23)17-9-5-3-6-10-17)25-29-21(30-31(25)16-28-26)15-33-18-11-7-4-8-12-18/h3-12,16,22H,13-15H2,1-2H3/t22-/m0/s1. The molecule has 1 aliphatic carbocycles. The number of hydrogen-bond acceptors (Lipinski definition) is 6. The van der Waals surface area contributed by atoms with Gasteiger partial charge >= 0.3 is 0 Å². The Kier molecular flexibility index (Phi) is 4.72. The first kappa shape index (κ1) is 20.6. The number of benzene rings is 2. The van der Waals surface area contributed by atoms with E-state index in [1.165, 1.54) is 0 Å². The molecular formula is C27H24N4O3. The molecule has 0 spiro atoms. The zero-order valence-electron chi connectivity index (χ0n) is 19.1. The lowest BCUT2D eigenvalue weighted by Crippen LogP contribution is -2.33. The van der Waals surface area contributed by atoms with Gasteiger partial charge in [-0.15, -0.1) is 5.10 Å². The topological polar surface area (TPSA) is 78.6 Å². The molecule has 34 heavy (non-hydrogen) atoms. The van der Waals surface area contributed by atoms with E-state index in [1.807, 2.05) is 60.7 Å². The molecule has 7 nitrogen and oxygen atoms in total. The van der Waals surface area contributed by atoms with E-state index in [0.717, 1.165) is 16.9 Å². The van der Waals surface area contributed by atoms with Crippen LogP contribution in [0, 0.1) is 5.41 Å². The molecule has 1 aliphatic heterocycles. The molecule has 1 atom stereocenters. The molecule has 7 heteroatoms. The summed E-state index contributed by atoms with van der Waals surface area (Å²) in [6.07, 6.45) is 2.77. The first-order valence-electron chi connectivity index (χ1n) is 11.4. The van der Waals surface area contributed by atoms with Crippen LogP contribution in [0.2, 0.25) is 0 Å². The van der Waals surface area contributed by atoms with Crippen molar-refractivity contribution in [1.29, 1.82) is 0 Å². The van der Waals surface area contributed by atoms with Gasteiger partial charge in [-0.05, 0) is 23.1 Å². The number of Topliss-reactive ketones (excluding diaryl/α,β-unsaturated/α-hetero) is 1. The highest BCUT2D eigenvalue weighted by Gasteiger charge is 2.43. The van der Waals surface area contributed by atoms with Crippen LogP contribution in [0.1, 0.15) is 49.6 Å². The second-order valence-electron chi connectivity index (χ2n) is 9.58. The average Bonchev–Trinajstić information content (AvgIpc) is 3.25. The second kappa shape index (κ2) is 7.80. The van der Waals surface area contributed by atoms with Crippen molar-refractivity contribution < 1.29 is 14.3 Å². The zero-order valence-corrected chi connectivity index (χ0v) is 19.1. The molecule has 0 fully saturated rings. The lowest BCUT2D eigenvalue weighted by molar-refractivity contribution is -0.118. The van der Waals surface area contributed by atoms with Gasteiger partial charge in [-0.3, -0.25) is 4.79 Å². The van der Waals surface area contributed by atoms with E-state index in [9.17, 15) is 4.79 Å². The van der Waals surface area contributed by atoms with Gasteiger partial charge in [-0.1, -0.05) is 62.4 Å². The molecule has 4 aromatic rings. The Morgan fingerprint density at radius 3 is 2.56 bits per heavy atom. The SMILES string of the molecule is CC1(C)CC(=O)C2=C(C1)Oc1ncn3nc(COc4ccccc4)nc3c1[C@H]2c1ccccc1. The highest BCUT2D eigenvalue weighted by molar-refractivity contribution is 6.00. The van der Waals surface area contributed by atoms with Gasteiger partial charge in [-0.2, -0.15) is 0 Å². The quantitative estimate of drug-likeness (QED) is 0.440. The molecule has 0 saturated carbocycles. The maximum Gasteiger partial charge on any atom is 0.228 e. The first-order valence-corrected chi connectivity index (χ1v) is 11.4. The number of carbonyl (C=O) groups is 1. The summed E-state index contributed by atoms with van der Waals surface area (Å²) in [5.41, 5.74) is 2.94. The van der Waals surface area contributed by atoms with E-state index in [1.54, 1.807) is 10.8 Å². The lowest BCUT2D eigenvalue weighted by Gasteiger charge is -2.37. The number of ketones is 1. The normalized spacial score (nSPS) is 18.9. The van der Waals surface area contributed by atoms with Gasteiger partial charge < -0.3 is 9.47 Å². The molecule has 2 aromatic carbocycles. The molecule has 0 bridgehead atoms. The molecule has 0 saturated heterocycles. The third kappa shape index (κ3) is 3.53. The fraction of sp³-hybridized carbons (Fsp3) is 0.259. The third-order valence-corrected chi connectivity index (χ3v) is 6.35. The summed E-state index contributed by atoms with van der Waals surface area (Å²) in [5.74, 6) is 2.27. The van der Waals surface area contributed by atoms with Gasteiger partial charge in [-0.25, -0.2) is 14.5 Å². The van der Waals surface area contributed by atoms with Crippen molar-refractivity contribution >= 4 is 11.4 Å². The Labute approximate surface area is 197 Å². The van der Waals surface area contributed by atoms with Crippen LogP contribution >= 0.6 is 0 Å². The van der Waals surface area contributed by atoms with Crippen LogP contribution in [0.5, 0.6) is 11.6 Å². The van der Waals surface area contributed by atoms with Crippen molar-refractivity contribution in [3.05, 3.63) is 95.3 Å². The van der Waals surface area contributed by atoms with E-state index in [-0.39, 0.29) is 23.7 Å². The minimum absolute atomic E-state index is 0.111. The summed E-state index contributed by atoms with van der Waals surface area (Å²) in [4.78, 5) is 22.8. The summed E-state index contributed by atoms with van der Waals surface area (Å²) in [6, 6.07) is 19.6. The van der Waals surface area contributed by atoms with Crippen molar-refractivity contribution in [2.45, 2.75) is 39.2 Å². The minimum atomic E-state index is -0.313. The van der Waals surface area contributed by atoms with Crippen molar-refractivity contribution in [2.75, 3.05) is 0 Å². The van der Waals surface area contributed by atoms with Gasteiger partial charge in [0.05, 0.1) is 5.56 Å². The zero-order chi connectivity index (χ0) is 23.3. The third-order valence-electron chi connectivity index (χ3n) is 6.35. The monoisotopic (exact) mass is 452 g/mol. The van der Waals surface area contributed by atoms with Crippen LogP contribution in [0.3, 0.4) is 0 Å². The summed E-state index contributed by atoms with van der Waals surface area (Å²) in [6.45, 7) is 4.41. The van der Waals surface area contributed by atoms with Gasteiger partial charge in [0.25, 0.3) is 0 Å². The smallest absolute Gasteiger partial charge is 0.228 e. The van der Waals surface area contributed by atoms with Crippen LogP contribution in [-0.4, -0.2) is 25.4 Å². The van der Waals surface area contributed by atoms with Crippen LogP contribution in [0.4, 0.5) is 0 Å². The summed E-state index contributed by atoms with van der Waals surface area (Å²) < 4.78 is 13.8. The number of para-hydroxylation sites is 1. The van der Waals surface area contributed by atoms with Gasteiger partial charge in [0, 0.05) is 24.3 Å². The van der Waals surface area contributed by atoms with E-state index >= 15 is 0 Å². The van der Waals surface area contributed by atoms with Crippen LogP contribution in [0.15, 0.2) is 78.3 Å². The van der Waals surface area contributed by atoms with Crippen LogP contribution in [0.25, 0.3) is 5.65 Å². The molecule has 0 unspecified atom stereocenters. The van der Waals surface area contributed by atoms with E-state index < -0.39 is 0 Å². The van der Waals surface area contributed by atoms with E-state index in [4.69, 9.17) is 14.5 Å². The fourth-order valence-corrected chi connectivity index (χ4v) is 4.89. The number of ether oxygens (including phenoxy) is 2. The Morgan fingerprint density at radius 1 is 1.06 bits per heavy atom. The predicted molar refractivity (Wildman–Crippen MR) is 126 cm³/mol. The maximum atomic E-state index is 13.4. The molecule has 0 amide bonds. The van der Waals surface area contributed by atoms with Crippen molar-refractivity contribution in [3.8, 4) is 11.6 Å². The van der Waals surface area contributed by atoms with Crippen LogP contribution in [-0.2, 0) is 11.4 Å². The number of hydrogen-bond donors (Lipinski definition) is 0. The summed E-state index contributed by atoms with van der Waals surface area (Å²) >= 11 is 0. The Morgan fingerprint density at radius 2 is 1.79 bits per heavy atom. The largest absolute Gasteiger partial charge is 0.486 e. The van der Waals surface area contributed by atoms with E-state index in [2.05, 4.69) is 23.9 Å². The number of carbonyl (C=O) groups excluding carboxylic acids is 1. The lowest BCUT2D eigenvalue weighted by atomic mass is 9.70. The van der Waals surface area contributed by atoms with Crippen molar-refractivity contribution in [2.24, 2.45) is 5.41 Å². The van der Waals surface area contributed by atoms with Gasteiger partial charge in [0.1, 0.15) is 24.4 Å². The molecule has 2 aromatic heterocycles. The molecule has 170 valence electrons. The van der Waals surface area contributed by atoms with Crippen LogP contribution < -0.4 is 9.47 Å². The highest BCUT2D eigenvalue weighted by Crippen LogP contribution is 2.50. The molecule has 0 N–H and O–H groups in total. The molecule has 0 radical (unpaired) electrons. The first-order chi connectivity index (χ1) is 16.5. The highest BCUT2D eigenvalue weighted by atomic mass is 16.5. The Bertz CT molecular complexity index is 1420. The fourth-order valence-electron chi connectivity index (χ4n) is 4.89. The number of nitrogens with zero attached hydrogens (tertiary/aromatic N) is 4. The molecule has 6 rings (SSSR count). The summed E-state index contributed by atoms with van der Waals surface area (Å²) in [7, 11) is 0. The van der Waals surface area contributed by atoms with Gasteiger partial charge in [0.15, 0.2) is 17.3 Å². The summed E-state index contributed by atoms with van der Waals surface area (Å²) in [5, 5.41) is 4.57. The number of allylic oxidation sites excluding steroid dienone is 2. The molecular weight excluding hydrogens is 428 g/mol. The number of fused-ring (bicyclic) bond motifs is 3. The number of rotatable bonds is 4. The molecule has 2 aliphatic rings.